The van der Waals surface area contributed by atoms with E-state index in [1.807, 2.05) is 13.8 Å². The summed E-state index contributed by atoms with van der Waals surface area (Å²) in [5.41, 5.74) is -0.659. The molecular weight excluding hydrogens is 285 g/mol. The monoisotopic (exact) mass is 300 g/mol. The molecule has 0 bridgehead atoms. The van der Waals surface area contributed by atoms with Crippen LogP contribution in [-0.2, 0) is 11.0 Å². The maximum atomic E-state index is 12.5. The molecule has 0 aromatic heterocycles. The summed E-state index contributed by atoms with van der Waals surface area (Å²) in [5.74, 6) is -0.431. The van der Waals surface area contributed by atoms with E-state index in [4.69, 9.17) is 0 Å². The van der Waals surface area contributed by atoms with E-state index in [0.29, 0.717) is 6.42 Å². The zero-order valence-electron chi connectivity index (χ0n) is 11.6. The lowest BCUT2D eigenvalue weighted by molar-refractivity contribution is -0.137. The molecule has 1 heterocycles. The van der Waals surface area contributed by atoms with E-state index in [1.165, 1.54) is 4.90 Å². The number of amides is 3. The minimum atomic E-state index is -4.44. The molecule has 1 unspecified atom stereocenters. The highest BCUT2D eigenvalue weighted by Gasteiger charge is 2.39. The van der Waals surface area contributed by atoms with Crippen molar-refractivity contribution in [3.63, 3.8) is 0 Å². The first kappa shape index (κ1) is 15.3. The lowest BCUT2D eigenvalue weighted by Gasteiger charge is -2.22. The molecule has 1 atom stereocenters. The van der Waals surface area contributed by atoms with Crippen LogP contribution in [0.4, 0.5) is 23.7 Å². The molecule has 0 aliphatic carbocycles. The molecule has 1 saturated heterocycles. The van der Waals surface area contributed by atoms with Crippen LogP contribution >= 0.6 is 0 Å². The van der Waals surface area contributed by atoms with E-state index in [0.717, 1.165) is 29.2 Å². The van der Waals surface area contributed by atoms with E-state index < -0.39 is 23.7 Å². The van der Waals surface area contributed by atoms with Gasteiger partial charge in [0.05, 0.1) is 11.3 Å². The number of carbonyl (C=O) groups excluding carboxylic acids is 2. The van der Waals surface area contributed by atoms with E-state index in [9.17, 15) is 22.8 Å². The highest BCUT2D eigenvalue weighted by molar-refractivity contribution is 6.19. The summed E-state index contributed by atoms with van der Waals surface area (Å²) in [7, 11) is 0. The number of benzene rings is 1. The van der Waals surface area contributed by atoms with Crippen LogP contribution in [0, 0.1) is 0 Å². The molecule has 7 heteroatoms. The van der Waals surface area contributed by atoms with Gasteiger partial charge in [0.1, 0.15) is 6.54 Å². The van der Waals surface area contributed by atoms with Crippen LogP contribution < -0.4 is 4.90 Å². The number of hydrogen-bond donors (Lipinski definition) is 0. The van der Waals surface area contributed by atoms with Gasteiger partial charge in [0.15, 0.2) is 0 Å². The summed E-state index contributed by atoms with van der Waals surface area (Å²) in [6.07, 6.45) is -3.75. The van der Waals surface area contributed by atoms with Crippen molar-refractivity contribution in [1.82, 2.24) is 4.90 Å². The fourth-order valence-electron chi connectivity index (χ4n) is 2.14. The Bertz CT molecular complexity index is 554. The Labute approximate surface area is 120 Å². The third-order valence-corrected chi connectivity index (χ3v) is 3.57. The number of rotatable bonds is 3. The second kappa shape index (κ2) is 5.38. The molecule has 3 amide bonds. The summed E-state index contributed by atoms with van der Waals surface area (Å²) >= 11 is 0. The summed E-state index contributed by atoms with van der Waals surface area (Å²) in [4.78, 5) is 26.5. The van der Waals surface area contributed by atoms with Crippen LogP contribution in [0.15, 0.2) is 24.3 Å². The zero-order chi connectivity index (χ0) is 15.8. The molecular formula is C14H15F3N2O2. The third-order valence-electron chi connectivity index (χ3n) is 3.57. The molecule has 0 spiro atoms. The molecule has 1 aliphatic rings. The summed E-state index contributed by atoms with van der Waals surface area (Å²) in [6, 6.07) is 3.41. The average Bonchev–Trinajstić information content (AvgIpc) is 2.72. The standard InChI is InChI=1S/C14H15F3N2O2/c1-3-9(2)18-8-12(20)19(13(18)21)11-6-4-10(5-7-11)14(15,16)17/h4-7,9H,3,8H2,1-2H3. The van der Waals surface area contributed by atoms with Crippen molar-refractivity contribution in [2.75, 3.05) is 11.4 Å². The summed E-state index contributed by atoms with van der Waals surface area (Å²) in [5, 5.41) is 0. The largest absolute Gasteiger partial charge is 0.416 e. The van der Waals surface area contributed by atoms with E-state index in [1.54, 1.807) is 0 Å². The Kier molecular flexibility index (Phi) is 3.93. The van der Waals surface area contributed by atoms with Crippen molar-refractivity contribution in [3.05, 3.63) is 29.8 Å². The Hall–Kier alpha value is -2.05. The lowest BCUT2D eigenvalue weighted by atomic mass is 10.2. The van der Waals surface area contributed by atoms with E-state index in [2.05, 4.69) is 0 Å². The molecule has 1 aliphatic heterocycles. The molecule has 2 rings (SSSR count). The van der Waals surface area contributed by atoms with Crippen LogP contribution in [0.1, 0.15) is 25.8 Å². The first-order valence-electron chi connectivity index (χ1n) is 6.56. The van der Waals surface area contributed by atoms with Crippen LogP contribution in [-0.4, -0.2) is 29.4 Å². The quantitative estimate of drug-likeness (QED) is 0.804. The second-order valence-corrected chi connectivity index (χ2v) is 4.94. The van der Waals surface area contributed by atoms with Crippen molar-refractivity contribution in [2.45, 2.75) is 32.5 Å². The first-order chi connectivity index (χ1) is 9.75. The van der Waals surface area contributed by atoms with E-state index in [-0.39, 0.29) is 18.3 Å². The van der Waals surface area contributed by atoms with E-state index >= 15 is 0 Å². The van der Waals surface area contributed by atoms with Crippen LogP contribution in [0.2, 0.25) is 0 Å². The molecule has 21 heavy (non-hydrogen) atoms. The van der Waals surface area contributed by atoms with Gasteiger partial charge in [-0.15, -0.1) is 0 Å². The maximum absolute atomic E-state index is 12.5. The molecule has 114 valence electrons. The van der Waals surface area contributed by atoms with Gasteiger partial charge in [0, 0.05) is 6.04 Å². The molecule has 1 fully saturated rings. The predicted molar refractivity (Wildman–Crippen MR) is 70.8 cm³/mol. The molecule has 1 aromatic rings. The number of urea groups is 1. The van der Waals surface area contributed by atoms with Crippen LogP contribution in [0.3, 0.4) is 0 Å². The maximum Gasteiger partial charge on any atom is 0.416 e. The fourth-order valence-corrected chi connectivity index (χ4v) is 2.14. The van der Waals surface area contributed by atoms with Gasteiger partial charge < -0.3 is 4.90 Å². The molecule has 4 nitrogen and oxygen atoms in total. The van der Waals surface area contributed by atoms with Gasteiger partial charge in [-0.1, -0.05) is 6.92 Å². The highest BCUT2D eigenvalue weighted by atomic mass is 19.4. The van der Waals surface area contributed by atoms with Gasteiger partial charge in [-0.05, 0) is 37.6 Å². The second-order valence-electron chi connectivity index (χ2n) is 4.94. The molecule has 0 radical (unpaired) electrons. The Balaban J connectivity index is 2.26. The van der Waals surface area contributed by atoms with Gasteiger partial charge in [-0.2, -0.15) is 13.2 Å². The smallest absolute Gasteiger partial charge is 0.312 e. The third kappa shape index (κ3) is 2.86. The van der Waals surface area contributed by atoms with Gasteiger partial charge in [-0.25, -0.2) is 9.69 Å². The van der Waals surface area contributed by atoms with Gasteiger partial charge >= 0.3 is 12.2 Å². The normalized spacial score (nSPS) is 17.6. The number of carbonyl (C=O) groups is 2. The first-order valence-corrected chi connectivity index (χ1v) is 6.56. The number of nitrogens with zero attached hydrogens (tertiary/aromatic N) is 2. The van der Waals surface area contributed by atoms with Gasteiger partial charge in [-0.3, -0.25) is 4.79 Å². The lowest BCUT2D eigenvalue weighted by Crippen LogP contribution is -2.37. The van der Waals surface area contributed by atoms with Gasteiger partial charge in [0.25, 0.3) is 5.91 Å². The zero-order valence-corrected chi connectivity index (χ0v) is 11.6. The minimum absolute atomic E-state index is 0.0468. The van der Waals surface area contributed by atoms with Crippen LogP contribution in [0.5, 0.6) is 0 Å². The number of halogens is 3. The van der Waals surface area contributed by atoms with Crippen molar-refractivity contribution in [1.29, 1.82) is 0 Å². The number of imide groups is 1. The Morgan fingerprint density at radius 3 is 2.24 bits per heavy atom. The SMILES string of the molecule is CCC(C)N1CC(=O)N(c2ccc(C(F)(F)F)cc2)C1=O. The number of alkyl halides is 3. The minimum Gasteiger partial charge on any atom is -0.312 e. The molecule has 0 saturated carbocycles. The Morgan fingerprint density at radius 2 is 1.76 bits per heavy atom. The predicted octanol–water partition coefficient (Wildman–Crippen LogP) is 3.27. The molecule has 1 aromatic carbocycles. The fraction of sp³-hybridized carbons (Fsp3) is 0.429. The highest BCUT2D eigenvalue weighted by Crippen LogP contribution is 2.31. The van der Waals surface area contributed by atoms with Gasteiger partial charge in [0.2, 0.25) is 0 Å². The number of anilines is 1. The van der Waals surface area contributed by atoms with Crippen molar-refractivity contribution < 1.29 is 22.8 Å². The Morgan fingerprint density at radius 1 is 1.19 bits per heavy atom. The van der Waals surface area contributed by atoms with Crippen LogP contribution in [0.25, 0.3) is 0 Å². The molecule has 0 N–H and O–H groups in total. The van der Waals surface area contributed by atoms with Crippen molar-refractivity contribution >= 4 is 17.6 Å². The van der Waals surface area contributed by atoms with Crippen molar-refractivity contribution in [2.24, 2.45) is 0 Å². The summed E-state index contributed by atoms with van der Waals surface area (Å²) in [6.45, 7) is 3.67. The topological polar surface area (TPSA) is 40.6 Å². The van der Waals surface area contributed by atoms with Crippen molar-refractivity contribution in [3.8, 4) is 0 Å². The average molecular weight is 300 g/mol. The number of hydrogen-bond acceptors (Lipinski definition) is 2. The summed E-state index contributed by atoms with van der Waals surface area (Å²) < 4.78 is 37.5.